The normalized spacial score (nSPS) is 14.9. The fourth-order valence-corrected chi connectivity index (χ4v) is 5.44. The van der Waals surface area contributed by atoms with Crippen LogP contribution in [0.25, 0.3) is 32.6 Å². The van der Waals surface area contributed by atoms with E-state index >= 15 is 0 Å². The number of urea groups is 1. The minimum absolute atomic E-state index is 0.291. The monoisotopic (exact) mass is 516 g/mol. The van der Waals surface area contributed by atoms with Crippen LogP contribution in [0.2, 0.25) is 0 Å². The van der Waals surface area contributed by atoms with Crippen molar-refractivity contribution in [1.29, 1.82) is 0 Å². The molecule has 0 aliphatic carbocycles. The summed E-state index contributed by atoms with van der Waals surface area (Å²) < 4.78 is 0.938. The second-order valence-electron chi connectivity index (χ2n) is 9.35. The van der Waals surface area contributed by atoms with Crippen LogP contribution in [0.15, 0.2) is 54.9 Å². The highest BCUT2D eigenvalue weighted by Gasteiger charge is 2.37. The first kappa shape index (κ1) is 24.6. The number of piperidine rings is 1. The summed E-state index contributed by atoms with van der Waals surface area (Å²) in [5.41, 5.74) is 3.76. The van der Waals surface area contributed by atoms with Crippen LogP contribution in [0.4, 0.5) is 15.7 Å². The second-order valence-corrected chi connectivity index (χ2v) is 10.3. The Balaban J connectivity index is 1.52. The number of anilines is 2. The Morgan fingerprint density at radius 3 is 2.59 bits per heavy atom. The van der Waals surface area contributed by atoms with Crippen molar-refractivity contribution in [1.82, 2.24) is 20.3 Å². The zero-order chi connectivity index (χ0) is 26.0. The van der Waals surface area contributed by atoms with E-state index in [0.29, 0.717) is 37.6 Å². The number of thiazole rings is 1. The number of hydrogen-bond donors (Lipinski definition) is 3. The maximum atomic E-state index is 12.1. The van der Waals surface area contributed by atoms with Crippen LogP contribution in [-0.2, 0) is 4.79 Å². The number of hydrogen-bond acceptors (Lipinski definition) is 7. The molecule has 4 heterocycles. The molecule has 0 spiro atoms. The first-order valence-corrected chi connectivity index (χ1v) is 13.0. The number of nitrogens with zero attached hydrogens (tertiary/aromatic N) is 4. The van der Waals surface area contributed by atoms with E-state index in [1.54, 1.807) is 12.4 Å². The van der Waals surface area contributed by atoms with Gasteiger partial charge in [0, 0.05) is 37.6 Å². The predicted octanol–water partition coefficient (Wildman–Crippen LogP) is 5.25. The van der Waals surface area contributed by atoms with Gasteiger partial charge in [-0.15, -0.1) is 0 Å². The van der Waals surface area contributed by atoms with Crippen molar-refractivity contribution in [2.24, 2.45) is 5.41 Å². The van der Waals surface area contributed by atoms with Crippen molar-refractivity contribution < 1.29 is 14.7 Å². The van der Waals surface area contributed by atoms with Crippen molar-refractivity contribution in [2.75, 3.05) is 29.9 Å². The lowest BCUT2D eigenvalue weighted by Gasteiger charge is -2.37. The molecule has 0 saturated carbocycles. The number of pyridine rings is 2. The van der Waals surface area contributed by atoms with Gasteiger partial charge in [0.15, 0.2) is 5.13 Å². The Morgan fingerprint density at radius 1 is 1.08 bits per heavy atom. The van der Waals surface area contributed by atoms with E-state index in [2.05, 4.69) is 36.6 Å². The quantitative estimate of drug-likeness (QED) is 0.320. The van der Waals surface area contributed by atoms with Gasteiger partial charge < -0.3 is 15.3 Å². The molecule has 1 fully saturated rings. The summed E-state index contributed by atoms with van der Waals surface area (Å²) in [5.74, 6) is 0.0785. The molecule has 2 amide bonds. The lowest BCUT2D eigenvalue weighted by molar-refractivity contribution is -0.149. The number of aliphatic carboxylic acids is 1. The van der Waals surface area contributed by atoms with Crippen LogP contribution in [0.5, 0.6) is 0 Å². The van der Waals surface area contributed by atoms with Gasteiger partial charge in [-0.25, -0.2) is 14.8 Å². The number of carboxylic acids is 1. The third-order valence-electron chi connectivity index (χ3n) is 6.77. The number of benzene rings is 1. The summed E-state index contributed by atoms with van der Waals surface area (Å²) in [6, 6.07) is 13.6. The number of amides is 2. The molecular weight excluding hydrogens is 488 g/mol. The van der Waals surface area contributed by atoms with Crippen LogP contribution in [0, 0.1) is 5.41 Å². The third kappa shape index (κ3) is 5.10. The second kappa shape index (κ2) is 10.1. The van der Waals surface area contributed by atoms with Gasteiger partial charge in [0.25, 0.3) is 0 Å². The Hall–Kier alpha value is -4.05. The van der Waals surface area contributed by atoms with Gasteiger partial charge in [-0.1, -0.05) is 17.4 Å². The van der Waals surface area contributed by atoms with E-state index in [9.17, 15) is 14.7 Å². The number of rotatable bonds is 6. The van der Waals surface area contributed by atoms with Crippen LogP contribution < -0.4 is 15.5 Å². The van der Waals surface area contributed by atoms with E-state index < -0.39 is 11.4 Å². The van der Waals surface area contributed by atoms with Gasteiger partial charge in [0.2, 0.25) is 0 Å². The summed E-state index contributed by atoms with van der Waals surface area (Å²) in [6.07, 6.45) is 4.69. The molecule has 3 N–H and O–H groups in total. The molecule has 190 valence electrons. The molecule has 0 unspecified atom stereocenters. The zero-order valence-corrected chi connectivity index (χ0v) is 21.5. The molecule has 10 heteroatoms. The smallest absolute Gasteiger partial charge is 0.321 e. The van der Waals surface area contributed by atoms with Crippen LogP contribution in [0.1, 0.15) is 26.7 Å². The number of aromatic nitrogens is 3. The summed E-state index contributed by atoms with van der Waals surface area (Å²) in [4.78, 5) is 39.7. The molecule has 1 saturated heterocycles. The molecule has 9 nitrogen and oxygen atoms in total. The fourth-order valence-electron chi connectivity index (χ4n) is 4.48. The molecule has 0 radical (unpaired) electrons. The molecule has 5 rings (SSSR count). The standard InChI is InChI=1S/C27H28N6O3S/c1-3-28-25(36)32-26-31-21-15-18(14-19(23(21)37-26)20-6-4-5-10-29-20)17-7-11-30-22(16-17)33-12-8-27(2,9-13-33)24(34)35/h4-7,10-11,14-16H,3,8-9,12-13H2,1-2H3,(H,34,35)(H2,28,31,32,36). The summed E-state index contributed by atoms with van der Waals surface area (Å²) >= 11 is 1.41. The first-order chi connectivity index (χ1) is 17.9. The zero-order valence-electron chi connectivity index (χ0n) is 20.7. The topological polar surface area (TPSA) is 120 Å². The molecule has 0 bridgehead atoms. The van der Waals surface area contributed by atoms with Crippen molar-refractivity contribution in [3.05, 3.63) is 54.9 Å². The molecule has 1 aliphatic rings. The minimum atomic E-state index is -0.742. The maximum Gasteiger partial charge on any atom is 0.321 e. The molecule has 0 atom stereocenters. The third-order valence-corrected chi connectivity index (χ3v) is 7.79. The lowest BCUT2D eigenvalue weighted by Crippen LogP contribution is -2.43. The number of fused-ring (bicyclic) bond motifs is 1. The van der Waals surface area contributed by atoms with Gasteiger partial charge in [0.1, 0.15) is 5.82 Å². The van der Waals surface area contributed by atoms with E-state index in [4.69, 9.17) is 0 Å². The van der Waals surface area contributed by atoms with E-state index in [-0.39, 0.29) is 6.03 Å². The van der Waals surface area contributed by atoms with Crippen LogP contribution in [-0.4, -0.2) is 51.7 Å². The first-order valence-electron chi connectivity index (χ1n) is 12.2. The maximum absolute atomic E-state index is 12.1. The predicted molar refractivity (Wildman–Crippen MR) is 146 cm³/mol. The number of nitrogens with one attached hydrogen (secondary N) is 2. The highest BCUT2D eigenvalue weighted by atomic mass is 32.1. The van der Waals surface area contributed by atoms with Gasteiger partial charge in [-0.05, 0) is 74.2 Å². The van der Waals surface area contributed by atoms with E-state index in [0.717, 1.165) is 38.4 Å². The SMILES string of the molecule is CCNC(=O)Nc1nc2cc(-c3ccnc(N4CCC(C)(C(=O)O)CC4)c3)cc(-c3ccccn3)c2s1. The average molecular weight is 517 g/mol. The van der Waals surface area contributed by atoms with Gasteiger partial charge in [0.05, 0.1) is 21.3 Å². The van der Waals surface area contributed by atoms with Crippen molar-refractivity contribution in [2.45, 2.75) is 26.7 Å². The number of carbonyl (C=O) groups is 2. The fraction of sp³-hybridized carbons (Fsp3) is 0.296. The molecular formula is C27H28N6O3S. The summed E-state index contributed by atoms with van der Waals surface area (Å²) in [6.45, 7) is 5.47. The molecule has 37 heavy (non-hydrogen) atoms. The number of carbonyl (C=O) groups excluding carboxylic acids is 1. The van der Waals surface area contributed by atoms with Gasteiger partial charge in [-0.3, -0.25) is 15.1 Å². The molecule has 1 aromatic carbocycles. The Morgan fingerprint density at radius 2 is 1.89 bits per heavy atom. The Kier molecular flexibility index (Phi) is 6.75. The minimum Gasteiger partial charge on any atom is -0.481 e. The van der Waals surface area contributed by atoms with Gasteiger partial charge >= 0.3 is 12.0 Å². The van der Waals surface area contributed by atoms with Gasteiger partial charge in [-0.2, -0.15) is 0 Å². The lowest BCUT2D eigenvalue weighted by atomic mass is 9.80. The largest absolute Gasteiger partial charge is 0.481 e. The number of carboxylic acid groups (broad SMARTS) is 1. The summed E-state index contributed by atoms with van der Waals surface area (Å²) in [5, 5.41) is 15.6. The molecule has 1 aliphatic heterocycles. The van der Waals surface area contributed by atoms with Crippen molar-refractivity contribution in [3.8, 4) is 22.4 Å². The molecule has 3 aromatic heterocycles. The van der Waals surface area contributed by atoms with E-state index in [1.807, 2.05) is 50.2 Å². The highest BCUT2D eigenvalue weighted by molar-refractivity contribution is 7.22. The summed E-state index contributed by atoms with van der Waals surface area (Å²) in [7, 11) is 0. The van der Waals surface area contributed by atoms with E-state index in [1.165, 1.54) is 11.3 Å². The Labute approximate surface area is 218 Å². The molecule has 4 aromatic rings. The van der Waals surface area contributed by atoms with Crippen molar-refractivity contribution >= 4 is 44.5 Å². The van der Waals surface area contributed by atoms with Crippen LogP contribution >= 0.6 is 11.3 Å². The van der Waals surface area contributed by atoms with Crippen LogP contribution in [0.3, 0.4) is 0 Å². The average Bonchev–Trinajstić information content (AvgIpc) is 3.31. The Bertz CT molecular complexity index is 1450. The van der Waals surface area contributed by atoms with Crippen molar-refractivity contribution in [3.63, 3.8) is 0 Å². The highest BCUT2D eigenvalue weighted by Crippen LogP contribution is 2.39.